The zero-order chi connectivity index (χ0) is 15.7. The summed E-state index contributed by atoms with van der Waals surface area (Å²) < 4.78 is 5.56. The van der Waals surface area contributed by atoms with Gasteiger partial charge in [0.05, 0.1) is 23.7 Å². The number of anilines is 1. The van der Waals surface area contributed by atoms with Crippen LogP contribution in [-0.4, -0.2) is 17.2 Å². The quantitative estimate of drug-likeness (QED) is 0.824. The predicted molar refractivity (Wildman–Crippen MR) is 82.1 cm³/mol. The summed E-state index contributed by atoms with van der Waals surface area (Å²) in [5, 5.41) is 9.21. The Morgan fingerprint density at radius 2 is 2.10 bits per heavy atom. The molecule has 0 saturated heterocycles. The van der Waals surface area contributed by atoms with Gasteiger partial charge in [-0.3, -0.25) is 4.90 Å². The second-order valence-corrected chi connectivity index (χ2v) is 6.53. The van der Waals surface area contributed by atoms with E-state index in [2.05, 4.69) is 6.07 Å². The minimum atomic E-state index is -0.555. The summed E-state index contributed by atoms with van der Waals surface area (Å²) in [5.41, 5.74) is 0.908. The largest absolute Gasteiger partial charge is 0.443 e. The average molecular weight is 286 g/mol. The second-order valence-electron chi connectivity index (χ2n) is 6.53. The summed E-state index contributed by atoms with van der Waals surface area (Å²) in [6.07, 6.45) is 1.35. The normalized spacial score (nSPS) is 20.8. The fraction of sp³-hybridized carbons (Fsp3) is 0.529. The molecule has 0 radical (unpaired) electrons. The number of rotatable bonds is 2. The lowest BCUT2D eigenvalue weighted by molar-refractivity contribution is 0.0541. The van der Waals surface area contributed by atoms with Gasteiger partial charge in [0.15, 0.2) is 0 Å². The molecule has 4 heteroatoms. The van der Waals surface area contributed by atoms with Gasteiger partial charge in [-0.1, -0.05) is 25.1 Å². The van der Waals surface area contributed by atoms with E-state index in [4.69, 9.17) is 4.74 Å². The molecule has 1 aromatic rings. The van der Waals surface area contributed by atoms with E-state index in [9.17, 15) is 10.1 Å². The minimum absolute atomic E-state index is 0.303. The Hall–Kier alpha value is -2.02. The van der Waals surface area contributed by atoms with Gasteiger partial charge < -0.3 is 4.74 Å². The predicted octanol–water partition coefficient (Wildman–Crippen LogP) is 4.05. The van der Waals surface area contributed by atoms with E-state index in [0.717, 1.165) is 11.3 Å². The number of para-hydroxylation sites is 1. The van der Waals surface area contributed by atoms with Gasteiger partial charge in [-0.05, 0) is 45.2 Å². The van der Waals surface area contributed by atoms with Crippen LogP contribution in [0.4, 0.5) is 10.5 Å². The number of nitriles is 1. The highest BCUT2D eigenvalue weighted by Crippen LogP contribution is 2.43. The topological polar surface area (TPSA) is 53.3 Å². The lowest BCUT2D eigenvalue weighted by Gasteiger charge is -2.37. The van der Waals surface area contributed by atoms with Gasteiger partial charge in [0, 0.05) is 0 Å². The molecule has 0 spiro atoms. The summed E-state index contributed by atoms with van der Waals surface area (Å²) in [6.45, 7) is 7.57. The number of benzene rings is 1. The van der Waals surface area contributed by atoms with Crippen LogP contribution in [0.15, 0.2) is 24.3 Å². The molecular weight excluding hydrogens is 264 g/mol. The molecule has 112 valence electrons. The van der Waals surface area contributed by atoms with Crippen LogP contribution < -0.4 is 4.90 Å². The zero-order valence-corrected chi connectivity index (χ0v) is 13.1. The Balaban J connectivity index is 2.45. The maximum Gasteiger partial charge on any atom is 0.415 e. The number of hydrogen-bond acceptors (Lipinski definition) is 3. The molecule has 1 aliphatic rings. The Morgan fingerprint density at radius 3 is 2.67 bits per heavy atom. The molecule has 0 aliphatic carbocycles. The molecule has 0 fully saturated rings. The van der Waals surface area contributed by atoms with Crippen molar-refractivity contribution in [3.05, 3.63) is 29.8 Å². The number of nitrogens with zero attached hydrogens (tertiary/aromatic N) is 2. The fourth-order valence-electron chi connectivity index (χ4n) is 2.86. The first kappa shape index (κ1) is 15.4. The highest BCUT2D eigenvalue weighted by Gasteiger charge is 2.47. The minimum Gasteiger partial charge on any atom is -0.443 e. The number of carbonyl (C=O) groups excluding carboxylic acids is 1. The molecule has 1 atom stereocenters. The first-order chi connectivity index (χ1) is 9.83. The third-order valence-corrected chi connectivity index (χ3v) is 3.87. The molecule has 1 aliphatic heterocycles. The standard InChI is InChI=1S/C17H22N2O2/c1-5-17(10-11-18)12-13-8-6-7-9-14(13)19(17)15(20)21-16(2,3)4/h6-9H,5,10,12H2,1-4H3. The van der Waals surface area contributed by atoms with Crippen molar-refractivity contribution in [2.24, 2.45) is 0 Å². The molecule has 1 aromatic carbocycles. The summed E-state index contributed by atoms with van der Waals surface area (Å²) in [7, 11) is 0. The summed E-state index contributed by atoms with van der Waals surface area (Å²) in [4.78, 5) is 14.4. The van der Waals surface area contributed by atoms with Crippen molar-refractivity contribution >= 4 is 11.8 Å². The van der Waals surface area contributed by atoms with Crippen LogP contribution in [0.2, 0.25) is 0 Å². The van der Waals surface area contributed by atoms with Crippen LogP contribution in [0.25, 0.3) is 0 Å². The van der Waals surface area contributed by atoms with Crippen LogP contribution in [0.5, 0.6) is 0 Å². The van der Waals surface area contributed by atoms with Crippen molar-refractivity contribution < 1.29 is 9.53 Å². The summed E-state index contributed by atoms with van der Waals surface area (Å²) >= 11 is 0. The fourth-order valence-corrected chi connectivity index (χ4v) is 2.86. The van der Waals surface area contributed by atoms with Crippen molar-refractivity contribution in [2.45, 2.75) is 58.1 Å². The molecule has 1 amide bonds. The molecule has 2 rings (SSSR count). The van der Waals surface area contributed by atoms with Gasteiger partial charge >= 0.3 is 6.09 Å². The number of ether oxygens (including phenoxy) is 1. The third kappa shape index (κ3) is 2.87. The van der Waals surface area contributed by atoms with Gasteiger partial charge in [0.25, 0.3) is 0 Å². The van der Waals surface area contributed by atoms with Crippen LogP contribution in [-0.2, 0) is 11.2 Å². The number of hydrogen-bond donors (Lipinski definition) is 0. The first-order valence-corrected chi connectivity index (χ1v) is 7.31. The van der Waals surface area contributed by atoms with Crippen molar-refractivity contribution in [3.8, 4) is 6.07 Å². The SMILES string of the molecule is CCC1(CC#N)Cc2ccccc2N1C(=O)OC(C)(C)C. The average Bonchev–Trinajstić information content (AvgIpc) is 2.71. The molecule has 21 heavy (non-hydrogen) atoms. The molecule has 0 aromatic heterocycles. The highest BCUT2D eigenvalue weighted by molar-refractivity contribution is 5.92. The van der Waals surface area contributed by atoms with Gasteiger partial charge in [-0.25, -0.2) is 4.79 Å². The maximum absolute atomic E-state index is 12.7. The van der Waals surface area contributed by atoms with Crippen molar-refractivity contribution in [1.82, 2.24) is 0 Å². The number of carbonyl (C=O) groups is 1. The van der Waals surface area contributed by atoms with E-state index < -0.39 is 11.1 Å². The van der Waals surface area contributed by atoms with E-state index in [1.165, 1.54) is 0 Å². The summed E-state index contributed by atoms with van der Waals surface area (Å²) in [6, 6.07) is 10.0. The van der Waals surface area contributed by atoms with Crippen molar-refractivity contribution in [2.75, 3.05) is 4.90 Å². The zero-order valence-electron chi connectivity index (χ0n) is 13.1. The van der Waals surface area contributed by atoms with Crippen molar-refractivity contribution in [3.63, 3.8) is 0 Å². The van der Waals surface area contributed by atoms with Crippen molar-refractivity contribution in [1.29, 1.82) is 5.26 Å². The van der Waals surface area contributed by atoms with E-state index in [1.807, 2.05) is 52.0 Å². The van der Waals surface area contributed by atoms with E-state index in [0.29, 0.717) is 19.3 Å². The summed E-state index contributed by atoms with van der Waals surface area (Å²) in [5.74, 6) is 0. The van der Waals surface area contributed by atoms with Gasteiger partial charge in [-0.2, -0.15) is 5.26 Å². The first-order valence-electron chi connectivity index (χ1n) is 7.31. The van der Waals surface area contributed by atoms with Gasteiger partial charge in [0.1, 0.15) is 5.60 Å². The van der Waals surface area contributed by atoms with Gasteiger partial charge in [-0.15, -0.1) is 0 Å². The molecule has 0 bridgehead atoms. The molecular formula is C17H22N2O2. The smallest absolute Gasteiger partial charge is 0.415 e. The molecule has 0 saturated carbocycles. The molecule has 4 nitrogen and oxygen atoms in total. The maximum atomic E-state index is 12.7. The van der Waals surface area contributed by atoms with Crippen LogP contribution in [0.3, 0.4) is 0 Å². The Labute approximate surface area is 126 Å². The Bertz CT molecular complexity index is 583. The van der Waals surface area contributed by atoms with Crippen LogP contribution in [0, 0.1) is 11.3 Å². The lowest BCUT2D eigenvalue weighted by Crippen LogP contribution is -2.51. The Kier molecular flexibility index (Phi) is 3.95. The third-order valence-electron chi connectivity index (χ3n) is 3.87. The number of amides is 1. The molecule has 1 heterocycles. The van der Waals surface area contributed by atoms with Crippen LogP contribution >= 0.6 is 0 Å². The van der Waals surface area contributed by atoms with E-state index in [1.54, 1.807) is 4.90 Å². The second kappa shape index (κ2) is 5.40. The highest BCUT2D eigenvalue weighted by atomic mass is 16.6. The van der Waals surface area contributed by atoms with Gasteiger partial charge in [0.2, 0.25) is 0 Å². The number of fused-ring (bicyclic) bond motifs is 1. The Morgan fingerprint density at radius 1 is 1.43 bits per heavy atom. The van der Waals surface area contributed by atoms with Crippen LogP contribution in [0.1, 0.15) is 46.1 Å². The van der Waals surface area contributed by atoms with E-state index in [-0.39, 0.29) is 6.09 Å². The molecule has 0 N–H and O–H groups in total. The van der Waals surface area contributed by atoms with E-state index >= 15 is 0 Å². The molecule has 1 unspecified atom stereocenters. The monoisotopic (exact) mass is 286 g/mol. The lowest BCUT2D eigenvalue weighted by atomic mass is 9.88.